The average molecular weight is 238 g/mol. The molecule has 1 heterocycles. The van der Waals surface area contributed by atoms with Gasteiger partial charge in [0.2, 0.25) is 0 Å². The zero-order valence-electron chi connectivity index (χ0n) is 8.48. The Hall–Kier alpha value is -1.33. The van der Waals surface area contributed by atoms with Crippen LogP contribution in [0.3, 0.4) is 0 Å². The molecule has 16 heavy (non-hydrogen) atoms. The minimum atomic E-state index is -0.236. The van der Waals surface area contributed by atoms with Crippen LogP contribution >= 0.6 is 11.8 Å². The number of hydrogen-bond donors (Lipinski definition) is 2. The van der Waals surface area contributed by atoms with Crippen molar-refractivity contribution in [3.63, 3.8) is 0 Å². The van der Waals surface area contributed by atoms with Gasteiger partial charge in [0.15, 0.2) is 0 Å². The number of benzene rings is 1. The molecule has 0 radical (unpaired) electrons. The van der Waals surface area contributed by atoms with E-state index in [0.717, 1.165) is 10.7 Å². The Balaban J connectivity index is 1.96. The maximum atomic E-state index is 12.9. The number of imidazole rings is 1. The zero-order chi connectivity index (χ0) is 11.4. The quantitative estimate of drug-likeness (QED) is 0.804. The normalized spacial score (nSPS) is 10.6. The van der Waals surface area contributed by atoms with Crippen molar-refractivity contribution in [3.8, 4) is 0 Å². The summed E-state index contributed by atoms with van der Waals surface area (Å²) in [6, 6.07) is 6.43. The number of aliphatic hydroxyl groups is 1. The lowest BCUT2D eigenvalue weighted by Gasteiger charge is -1.99. The molecule has 0 aliphatic carbocycles. The highest BCUT2D eigenvalue weighted by atomic mass is 32.2. The Kier molecular flexibility index (Phi) is 3.58. The summed E-state index contributed by atoms with van der Waals surface area (Å²) in [4.78, 5) is 7.93. The molecule has 0 fully saturated rings. The molecule has 0 aliphatic heterocycles. The van der Waals surface area contributed by atoms with E-state index in [1.165, 1.54) is 23.9 Å². The number of nitrogens with one attached hydrogen (secondary N) is 1. The molecule has 0 saturated heterocycles. The lowest BCUT2D eigenvalue weighted by molar-refractivity contribution is 0.277. The van der Waals surface area contributed by atoms with E-state index in [2.05, 4.69) is 9.97 Å². The number of halogens is 1. The molecule has 0 amide bonds. The topological polar surface area (TPSA) is 48.9 Å². The molecule has 5 heteroatoms. The first-order valence-electron chi connectivity index (χ1n) is 4.80. The number of hydrogen-bond acceptors (Lipinski definition) is 3. The Bertz CT molecular complexity index is 473. The molecular formula is C11H11FN2OS. The summed E-state index contributed by atoms with van der Waals surface area (Å²) in [5.74, 6) is 1.17. The van der Waals surface area contributed by atoms with Gasteiger partial charge in [-0.15, -0.1) is 11.8 Å². The van der Waals surface area contributed by atoms with Gasteiger partial charge >= 0.3 is 0 Å². The summed E-state index contributed by atoms with van der Waals surface area (Å²) in [6.45, 7) is -0.0440. The summed E-state index contributed by atoms with van der Waals surface area (Å²) < 4.78 is 12.9. The van der Waals surface area contributed by atoms with E-state index in [1.54, 1.807) is 12.3 Å². The summed E-state index contributed by atoms with van der Waals surface area (Å²) in [6.07, 6.45) is 1.60. The van der Waals surface area contributed by atoms with Gasteiger partial charge in [0.1, 0.15) is 11.6 Å². The Morgan fingerprint density at radius 1 is 1.44 bits per heavy atom. The standard InChI is InChI=1S/C11H11FN2OS/c12-8-2-1-3-10(4-8)16-7-11-13-5-9(6-15)14-11/h1-5,15H,6-7H2,(H,13,14). The third-order valence-corrected chi connectivity index (χ3v) is 3.03. The second-order valence-electron chi connectivity index (χ2n) is 3.26. The van der Waals surface area contributed by atoms with Crippen LogP contribution in [0.2, 0.25) is 0 Å². The Morgan fingerprint density at radius 3 is 3.00 bits per heavy atom. The van der Waals surface area contributed by atoms with Crippen LogP contribution in [0.15, 0.2) is 35.4 Å². The van der Waals surface area contributed by atoms with Crippen LogP contribution in [0.1, 0.15) is 11.5 Å². The van der Waals surface area contributed by atoms with Crippen molar-refractivity contribution in [2.45, 2.75) is 17.3 Å². The predicted molar refractivity (Wildman–Crippen MR) is 60.5 cm³/mol. The highest BCUT2D eigenvalue weighted by Crippen LogP contribution is 2.21. The van der Waals surface area contributed by atoms with Crippen molar-refractivity contribution in [1.29, 1.82) is 0 Å². The van der Waals surface area contributed by atoms with Crippen LogP contribution in [0, 0.1) is 5.82 Å². The van der Waals surface area contributed by atoms with Crippen LogP contribution in [-0.2, 0) is 12.4 Å². The van der Waals surface area contributed by atoms with Gasteiger partial charge in [-0.1, -0.05) is 6.07 Å². The van der Waals surface area contributed by atoms with E-state index in [4.69, 9.17) is 5.11 Å². The van der Waals surface area contributed by atoms with Crippen molar-refractivity contribution in [3.05, 3.63) is 47.8 Å². The summed E-state index contributed by atoms with van der Waals surface area (Å²) in [5, 5.41) is 8.84. The van der Waals surface area contributed by atoms with Gasteiger partial charge in [0.05, 0.1) is 24.3 Å². The lowest BCUT2D eigenvalue weighted by atomic mass is 10.4. The van der Waals surface area contributed by atoms with Crippen LogP contribution in [0.5, 0.6) is 0 Å². The predicted octanol–water partition coefficient (Wildman–Crippen LogP) is 2.33. The molecule has 1 aromatic carbocycles. The number of aliphatic hydroxyl groups excluding tert-OH is 1. The number of nitrogens with zero attached hydrogens (tertiary/aromatic N) is 1. The largest absolute Gasteiger partial charge is 0.390 e. The van der Waals surface area contributed by atoms with Gasteiger partial charge in [0, 0.05) is 4.90 Å². The highest BCUT2D eigenvalue weighted by Gasteiger charge is 2.01. The van der Waals surface area contributed by atoms with Crippen LogP contribution in [0.4, 0.5) is 4.39 Å². The molecular weight excluding hydrogens is 227 g/mol. The first kappa shape index (κ1) is 11.2. The SMILES string of the molecule is OCc1cnc(CSc2cccc(F)c2)[nH]1. The number of aromatic nitrogens is 2. The van der Waals surface area contributed by atoms with E-state index in [9.17, 15) is 4.39 Å². The Labute approximate surface area is 96.7 Å². The lowest BCUT2D eigenvalue weighted by Crippen LogP contribution is -1.86. The van der Waals surface area contributed by atoms with Gasteiger partial charge in [-0.05, 0) is 18.2 Å². The first-order valence-corrected chi connectivity index (χ1v) is 5.78. The minimum Gasteiger partial charge on any atom is -0.390 e. The van der Waals surface area contributed by atoms with E-state index < -0.39 is 0 Å². The number of aromatic amines is 1. The zero-order valence-corrected chi connectivity index (χ0v) is 9.30. The fourth-order valence-electron chi connectivity index (χ4n) is 1.27. The maximum absolute atomic E-state index is 12.9. The molecule has 2 aromatic rings. The van der Waals surface area contributed by atoms with Gasteiger partial charge < -0.3 is 10.1 Å². The van der Waals surface area contributed by atoms with Crippen molar-refractivity contribution < 1.29 is 9.50 Å². The van der Waals surface area contributed by atoms with E-state index in [0.29, 0.717) is 11.4 Å². The molecule has 1 aromatic heterocycles. The van der Waals surface area contributed by atoms with Crippen LogP contribution < -0.4 is 0 Å². The Morgan fingerprint density at radius 2 is 2.31 bits per heavy atom. The fraction of sp³-hybridized carbons (Fsp3) is 0.182. The second-order valence-corrected chi connectivity index (χ2v) is 4.31. The van der Waals surface area contributed by atoms with E-state index in [1.807, 2.05) is 6.07 Å². The first-order chi connectivity index (χ1) is 7.78. The van der Waals surface area contributed by atoms with Crippen LogP contribution in [0.25, 0.3) is 0 Å². The van der Waals surface area contributed by atoms with Gasteiger partial charge in [0.25, 0.3) is 0 Å². The molecule has 3 nitrogen and oxygen atoms in total. The smallest absolute Gasteiger partial charge is 0.124 e. The fourth-order valence-corrected chi connectivity index (χ4v) is 2.09. The average Bonchev–Trinajstić information content (AvgIpc) is 2.74. The third-order valence-electron chi connectivity index (χ3n) is 2.02. The molecule has 2 N–H and O–H groups in total. The summed E-state index contributed by atoms with van der Waals surface area (Å²) >= 11 is 1.50. The second kappa shape index (κ2) is 5.14. The molecule has 0 saturated carbocycles. The summed E-state index contributed by atoms with van der Waals surface area (Å²) in [7, 11) is 0. The van der Waals surface area contributed by atoms with Crippen molar-refractivity contribution in [2.75, 3.05) is 0 Å². The van der Waals surface area contributed by atoms with Crippen molar-refractivity contribution in [2.24, 2.45) is 0 Å². The molecule has 84 valence electrons. The number of rotatable bonds is 4. The molecule has 2 rings (SSSR count). The molecule has 0 spiro atoms. The molecule has 0 unspecified atom stereocenters. The number of thioether (sulfide) groups is 1. The van der Waals surface area contributed by atoms with Crippen LogP contribution in [-0.4, -0.2) is 15.1 Å². The maximum Gasteiger partial charge on any atom is 0.124 e. The summed E-state index contributed by atoms with van der Waals surface area (Å²) in [5.41, 5.74) is 0.690. The molecule has 0 atom stereocenters. The van der Waals surface area contributed by atoms with Gasteiger partial charge in [-0.25, -0.2) is 9.37 Å². The monoisotopic (exact) mass is 238 g/mol. The van der Waals surface area contributed by atoms with E-state index in [-0.39, 0.29) is 12.4 Å². The van der Waals surface area contributed by atoms with Gasteiger partial charge in [-0.2, -0.15) is 0 Å². The molecule has 0 aliphatic rings. The number of H-pyrrole nitrogens is 1. The minimum absolute atomic E-state index is 0.0440. The van der Waals surface area contributed by atoms with E-state index >= 15 is 0 Å². The highest BCUT2D eigenvalue weighted by molar-refractivity contribution is 7.98. The van der Waals surface area contributed by atoms with Crippen molar-refractivity contribution >= 4 is 11.8 Å². The van der Waals surface area contributed by atoms with Gasteiger partial charge in [-0.3, -0.25) is 0 Å². The molecule has 0 bridgehead atoms. The van der Waals surface area contributed by atoms with Crippen molar-refractivity contribution in [1.82, 2.24) is 9.97 Å². The third kappa shape index (κ3) is 2.84.